The van der Waals surface area contributed by atoms with Gasteiger partial charge in [0.25, 0.3) is 0 Å². The fourth-order valence-electron chi connectivity index (χ4n) is 6.92. The number of amides is 1. The van der Waals surface area contributed by atoms with Gasteiger partial charge < -0.3 is 19.4 Å². The number of hydrogen-bond acceptors (Lipinski definition) is 6. The molecule has 0 aromatic rings. The minimum atomic E-state index is -4.48. The van der Waals surface area contributed by atoms with Crippen LogP contribution in [0, 0.1) is 0 Å². The fraction of sp³-hybridized carbons (Fsp3) is 0.633. The maximum absolute atomic E-state index is 13.4. The number of phosphoric acid groups is 1. The molecule has 0 saturated heterocycles. The molecule has 0 radical (unpaired) electrons. The molecule has 0 bridgehead atoms. The summed E-state index contributed by atoms with van der Waals surface area (Å²) in [6.07, 6.45) is 67.9. The van der Waals surface area contributed by atoms with Gasteiger partial charge in [0.2, 0.25) is 5.91 Å². The summed E-state index contributed by atoms with van der Waals surface area (Å²) in [7, 11) is 1.40. The first-order valence-electron chi connectivity index (χ1n) is 27.4. The molecule has 0 spiro atoms. The maximum atomic E-state index is 13.4. The number of likely N-dealkylation sites (N-methyl/N-ethyl adjacent to an activating group) is 1. The number of esters is 1. The summed E-state index contributed by atoms with van der Waals surface area (Å²) in [6, 6.07) is -0.916. The van der Waals surface area contributed by atoms with Gasteiger partial charge in [-0.3, -0.25) is 18.6 Å². The second-order valence-electron chi connectivity index (χ2n) is 19.0. The van der Waals surface area contributed by atoms with E-state index in [1.807, 2.05) is 39.4 Å². The standard InChI is InChI=1S/C60H101N2O7P/c1-7-10-13-16-19-22-25-27-29-31-33-35-38-41-44-47-50-53-60(64)69-58(51-48-45-42-39-36-24-21-18-15-12-9-3)57(56-68-70(65,66)67-55-54-62(4,5)6)61-59(63)52-49-46-43-40-37-34-32-30-28-26-23-20-17-14-11-8-2/h11,14,19-20,22-23,27-30,33-35,37,41,43-44,46,48,51,57-58H,7-10,12-13,15-18,21,24-26,31-32,36,38-40,42,45,47,49-50,52-56H2,1-6H3,(H-,61,63,65,66)/p+1/b14-11+,22-19-,23-20+,29-27-,30-28+,35-33-,37-34+,44-41-,46-43+,51-48+. The molecule has 9 nitrogen and oxygen atoms in total. The highest BCUT2D eigenvalue weighted by Crippen LogP contribution is 2.43. The van der Waals surface area contributed by atoms with Crippen LogP contribution in [0.4, 0.5) is 0 Å². The molecular formula is C60H102N2O7P+. The zero-order valence-electron chi connectivity index (χ0n) is 45.2. The summed E-state index contributed by atoms with van der Waals surface area (Å²) < 4.78 is 30.4. The molecule has 0 aliphatic carbocycles. The van der Waals surface area contributed by atoms with Gasteiger partial charge in [0.1, 0.15) is 19.3 Å². The van der Waals surface area contributed by atoms with E-state index in [1.165, 1.54) is 70.6 Å². The van der Waals surface area contributed by atoms with Gasteiger partial charge in [-0.25, -0.2) is 4.57 Å². The highest BCUT2D eigenvalue weighted by Gasteiger charge is 2.30. The smallest absolute Gasteiger partial charge is 0.456 e. The topological polar surface area (TPSA) is 111 Å². The van der Waals surface area contributed by atoms with Crippen molar-refractivity contribution in [3.05, 3.63) is 122 Å². The van der Waals surface area contributed by atoms with E-state index in [-0.39, 0.29) is 32.0 Å². The fourth-order valence-corrected chi connectivity index (χ4v) is 7.65. The minimum Gasteiger partial charge on any atom is -0.456 e. The molecule has 398 valence electrons. The highest BCUT2D eigenvalue weighted by molar-refractivity contribution is 7.47. The molecular weight excluding hydrogens is 892 g/mol. The van der Waals surface area contributed by atoms with Crippen LogP contribution < -0.4 is 5.32 Å². The number of ether oxygens (including phenoxy) is 1. The number of quaternary nitrogens is 1. The van der Waals surface area contributed by atoms with Crippen molar-refractivity contribution < 1.29 is 37.3 Å². The molecule has 1 amide bonds. The predicted octanol–water partition coefficient (Wildman–Crippen LogP) is 16.4. The van der Waals surface area contributed by atoms with Gasteiger partial charge in [-0.1, -0.05) is 200 Å². The molecule has 10 heteroatoms. The first kappa shape index (κ1) is 66.4. The summed E-state index contributed by atoms with van der Waals surface area (Å²) in [5, 5.41) is 2.97. The Morgan fingerprint density at radius 3 is 1.43 bits per heavy atom. The van der Waals surface area contributed by atoms with Crippen LogP contribution in [0.5, 0.6) is 0 Å². The van der Waals surface area contributed by atoms with Crippen molar-refractivity contribution in [1.29, 1.82) is 0 Å². The highest BCUT2D eigenvalue weighted by atomic mass is 31.2. The van der Waals surface area contributed by atoms with Gasteiger partial charge in [-0.2, -0.15) is 0 Å². The molecule has 70 heavy (non-hydrogen) atoms. The van der Waals surface area contributed by atoms with E-state index in [9.17, 15) is 19.0 Å². The lowest BCUT2D eigenvalue weighted by Gasteiger charge is -2.27. The molecule has 0 fully saturated rings. The molecule has 0 aromatic carbocycles. The zero-order chi connectivity index (χ0) is 51.5. The molecule has 0 aliphatic rings. The first-order valence-corrected chi connectivity index (χ1v) is 28.9. The largest absolute Gasteiger partial charge is 0.472 e. The van der Waals surface area contributed by atoms with Crippen LogP contribution in [0.15, 0.2) is 122 Å². The van der Waals surface area contributed by atoms with Crippen LogP contribution >= 0.6 is 7.82 Å². The molecule has 3 atom stereocenters. The third-order valence-corrected chi connectivity index (χ3v) is 12.1. The number of unbranched alkanes of at least 4 members (excludes halogenated alkanes) is 13. The third-order valence-electron chi connectivity index (χ3n) is 11.1. The van der Waals surface area contributed by atoms with Gasteiger partial charge >= 0.3 is 13.8 Å². The van der Waals surface area contributed by atoms with Crippen molar-refractivity contribution in [1.82, 2.24) is 5.32 Å². The number of nitrogens with one attached hydrogen (secondary N) is 1. The summed E-state index contributed by atoms with van der Waals surface area (Å²) in [5.41, 5.74) is 0. The monoisotopic (exact) mass is 994 g/mol. The van der Waals surface area contributed by atoms with Crippen molar-refractivity contribution in [2.75, 3.05) is 40.9 Å². The van der Waals surface area contributed by atoms with Crippen LogP contribution in [-0.2, 0) is 27.9 Å². The zero-order valence-corrected chi connectivity index (χ0v) is 46.1. The molecule has 0 aromatic heterocycles. The Bertz CT molecular complexity index is 1610. The number of carbonyl (C=O) groups excluding carboxylic acids is 2. The van der Waals surface area contributed by atoms with Gasteiger partial charge in [0.15, 0.2) is 0 Å². The lowest BCUT2D eigenvalue weighted by Crippen LogP contribution is -2.47. The van der Waals surface area contributed by atoms with Crippen LogP contribution in [0.2, 0.25) is 0 Å². The van der Waals surface area contributed by atoms with E-state index < -0.39 is 25.9 Å². The third kappa shape index (κ3) is 49.4. The molecule has 0 heterocycles. The van der Waals surface area contributed by atoms with Crippen molar-refractivity contribution in [3.63, 3.8) is 0 Å². The molecule has 2 N–H and O–H groups in total. The lowest BCUT2D eigenvalue weighted by atomic mass is 10.1. The minimum absolute atomic E-state index is 0.0120. The van der Waals surface area contributed by atoms with Crippen molar-refractivity contribution in [2.24, 2.45) is 0 Å². The van der Waals surface area contributed by atoms with Crippen molar-refractivity contribution >= 4 is 19.7 Å². The normalized spacial score (nSPS) is 14.8. The average molecular weight is 994 g/mol. The summed E-state index contributed by atoms with van der Waals surface area (Å²) >= 11 is 0. The average Bonchev–Trinajstić information content (AvgIpc) is 3.32. The van der Waals surface area contributed by atoms with Crippen molar-refractivity contribution in [2.45, 2.75) is 206 Å². The van der Waals surface area contributed by atoms with E-state index in [2.05, 4.69) is 123 Å². The number of carbonyl (C=O) groups is 2. The van der Waals surface area contributed by atoms with Gasteiger partial charge in [0, 0.05) is 12.8 Å². The number of allylic oxidation sites excluding steroid dienone is 19. The first-order chi connectivity index (χ1) is 33.9. The van der Waals surface area contributed by atoms with Crippen LogP contribution in [0.1, 0.15) is 194 Å². The van der Waals surface area contributed by atoms with E-state index in [1.54, 1.807) is 6.08 Å². The Hall–Kier alpha value is -3.59. The second-order valence-corrected chi connectivity index (χ2v) is 20.5. The molecule has 3 unspecified atom stereocenters. The second kappa shape index (κ2) is 49.0. The SMILES string of the molecule is CC/C=C/C/C=C/C/C=C/C/C=C/C/C=C/CCC(=O)NC(COP(=O)(O)OCC[N+](C)(C)C)C(/C=C/CCCCCCCCCCC)OC(=O)CCC/C=C\C/C=C\C/C=C\C/C=C\CCCCC. The lowest BCUT2D eigenvalue weighted by molar-refractivity contribution is -0.870. The Morgan fingerprint density at radius 1 is 0.514 bits per heavy atom. The number of hydrogen-bond donors (Lipinski definition) is 2. The molecule has 0 aliphatic heterocycles. The van der Waals surface area contributed by atoms with E-state index >= 15 is 0 Å². The number of nitrogens with zero attached hydrogens (tertiary/aromatic N) is 1. The number of phosphoric ester groups is 1. The van der Waals surface area contributed by atoms with E-state index in [0.29, 0.717) is 23.9 Å². The Kier molecular flexibility index (Phi) is 46.5. The quantitative estimate of drug-likeness (QED) is 0.0205. The van der Waals surface area contributed by atoms with E-state index in [0.717, 1.165) is 77.0 Å². The number of rotatable bonds is 47. The van der Waals surface area contributed by atoms with Gasteiger partial charge in [-0.15, -0.1) is 0 Å². The Labute approximate surface area is 429 Å². The van der Waals surface area contributed by atoms with Gasteiger partial charge in [0.05, 0.1) is 33.8 Å². The summed E-state index contributed by atoms with van der Waals surface area (Å²) in [5.74, 6) is -0.681. The summed E-state index contributed by atoms with van der Waals surface area (Å²) in [6.45, 7) is 6.73. The molecule has 0 rings (SSSR count). The van der Waals surface area contributed by atoms with Crippen LogP contribution in [0.25, 0.3) is 0 Å². The van der Waals surface area contributed by atoms with Crippen molar-refractivity contribution in [3.8, 4) is 0 Å². The molecule has 0 saturated carbocycles. The maximum Gasteiger partial charge on any atom is 0.472 e. The van der Waals surface area contributed by atoms with E-state index in [4.69, 9.17) is 13.8 Å². The Morgan fingerprint density at radius 2 is 0.929 bits per heavy atom. The van der Waals surface area contributed by atoms with Gasteiger partial charge in [-0.05, 0) is 102 Å². The van der Waals surface area contributed by atoms with Crippen LogP contribution in [-0.4, -0.2) is 74.3 Å². The summed E-state index contributed by atoms with van der Waals surface area (Å²) in [4.78, 5) is 37.4. The Balaban J connectivity index is 5.59. The van der Waals surface area contributed by atoms with Crippen LogP contribution in [0.3, 0.4) is 0 Å². The predicted molar refractivity (Wildman–Crippen MR) is 300 cm³/mol.